The van der Waals surface area contributed by atoms with Crippen LogP contribution in [0.1, 0.15) is 10.4 Å². The minimum atomic E-state index is -4.00. The van der Waals surface area contributed by atoms with E-state index in [0.717, 1.165) is 17.8 Å². The molecule has 0 amide bonds. The number of hydrogen-bond acceptors (Lipinski definition) is 4. The lowest BCUT2D eigenvalue weighted by Gasteiger charge is -2.08. The average Bonchev–Trinajstić information content (AvgIpc) is 2.40. The van der Waals surface area contributed by atoms with Gasteiger partial charge in [0.25, 0.3) is 0 Å². The number of carboxylic acids is 1. The molecule has 110 valence electrons. The molecule has 2 aromatic carbocycles. The number of halogens is 1. The Morgan fingerprint density at radius 2 is 1.81 bits per heavy atom. The van der Waals surface area contributed by atoms with Gasteiger partial charge in [0.2, 0.25) is 10.0 Å². The summed E-state index contributed by atoms with van der Waals surface area (Å²) in [6.07, 6.45) is 0. The van der Waals surface area contributed by atoms with Gasteiger partial charge in [0.1, 0.15) is 5.82 Å². The standard InChI is InChI=1S/C13H10FNO4S2/c14-10-3-1-2-4-12(10)20-11-6-5-8(21(15,18)19)7-9(11)13(16)17/h1-7H,(H,16,17)(H2,15,18,19). The smallest absolute Gasteiger partial charge is 0.336 e. The Morgan fingerprint density at radius 1 is 1.14 bits per heavy atom. The van der Waals surface area contributed by atoms with Crippen LogP contribution in [0.25, 0.3) is 0 Å². The van der Waals surface area contributed by atoms with Crippen LogP contribution < -0.4 is 5.14 Å². The van der Waals surface area contributed by atoms with E-state index in [9.17, 15) is 17.6 Å². The number of nitrogens with two attached hydrogens (primary N) is 1. The van der Waals surface area contributed by atoms with Gasteiger partial charge in [-0.1, -0.05) is 23.9 Å². The first kappa shape index (κ1) is 15.5. The predicted molar refractivity (Wildman–Crippen MR) is 75.3 cm³/mol. The Morgan fingerprint density at radius 3 is 2.38 bits per heavy atom. The summed E-state index contributed by atoms with van der Waals surface area (Å²) in [6, 6.07) is 9.32. The van der Waals surface area contributed by atoms with Crippen LogP contribution in [0.4, 0.5) is 4.39 Å². The molecule has 8 heteroatoms. The van der Waals surface area contributed by atoms with Gasteiger partial charge in [-0.25, -0.2) is 22.7 Å². The zero-order valence-electron chi connectivity index (χ0n) is 10.5. The molecule has 0 atom stereocenters. The van der Waals surface area contributed by atoms with Crippen molar-refractivity contribution >= 4 is 27.8 Å². The summed E-state index contributed by atoms with van der Waals surface area (Å²) in [5.74, 6) is -1.81. The molecule has 5 nitrogen and oxygen atoms in total. The van der Waals surface area contributed by atoms with Crippen LogP contribution in [0.5, 0.6) is 0 Å². The highest BCUT2D eigenvalue weighted by atomic mass is 32.2. The molecule has 0 fully saturated rings. The SMILES string of the molecule is NS(=O)(=O)c1ccc(Sc2ccccc2F)c(C(=O)O)c1. The lowest BCUT2D eigenvalue weighted by Crippen LogP contribution is -2.13. The molecule has 0 radical (unpaired) electrons. The minimum Gasteiger partial charge on any atom is -0.478 e. The van der Waals surface area contributed by atoms with E-state index in [1.54, 1.807) is 6.07 Å². The van der Waals surface area contributed by atoms with Crippen LogP contribution in [-0.2, 0) is 10.0 Å². The average molecular weight is 327 g/mol. The van der Waals surface area contributed by atoms with Gasteiger partial charge >= 0.3 is 5.97 Å². The Hall–Kier alpha value is -1.90. The van der Waals surface area contributed by atoms with Gasteiger partial charge in [-0.05, 0) is 30.3 Å². The zero-order chi connectivity index (χ0) is 15.6. The van der Waals surface area contributed by atoms with E-state index in [-0.39, 0.29) is 20.2 Å². The molecule has 2 rings (SSSR count). The molecular formula is C13H10FNO4S2. The number of hydrogen-bond donors (Lipinski definition) is 2. The van der Waals surface area contributed by atoms with E-state index in [1.165, 1.54) is 30.3 Å². The number of benzene rings is 2. The normalized spacial score (nSPS) is 11.3. The molecule has 0 saturated carbocycles. The maximum Gasteiger partial charge on any atom is 0.336 e. The van der Waals surface area contributed by atoms with Crippen molar-refractivity contribution in [3.05, 3.63) is 53.8 Å². The molecule has 2 aromatic rings. The second kappa shape index (κ2) is 5.84. The largest absolute Gasteiger partial charge is 0.478 e. The summed E-state index contributed by atoms with van der Waals surface area (Å²) in [5.41, 5.74) is -0.255. The minimum absolute atomic E-state index is 0.222. The molecule has 3 N–H and O–H groups in total. The van der Waals surface area contributed by atoms with Crippen LogP contribution in [0.3, 0.4) is 0 Å². The van der Waals surface area contributed by atoms with Crippen LogP contribution in [0, 0.1) is 5.82 Å². The lowest BCUT2D eigenvalue weighted by atomic mass is 10.2. The van der Waals surface area contributed by atoms with Crippen molar-refractivity contribution < 1.29 is 22.7 Å². The first-order valence-electron chi connectivity index (χ1n) is 5.61. The number of aromatic carboxylic acids is 1. The Bertz CT molecular complexity index is 806. The second-order valence-electron chi connectivity index (χ2n) is 4.04. The third-order valence-corrected chi connectivity index (χ3v) is 4.60. The second-order valence-corrected chi connectivity index (χ2v) is 6.69. The molecule has 0 spiro atoms. The highest BCUT2D eigenvalue weighted by Crippen LogP contribution is 2.33. The zero-order valence-corrected chi connectivity index (χ0v) is 12.1. The molecule has 0 aliphatic heterocycles. The highest BCUT2D eigenvalue weighted by Gasteiger charge is 2.17. The van der Waals surface area contributed by atoms with Crippen LogP contribution in [0.15, 0.2) is 57.2 Å². The topological polar surface area (TPSA) is 97.5 Å². The fraction of sp³-hybridized carbons (Fsp3) is 0. The Balaban J connectivity index is 2.50. The first-order chi connectivity index (χ1) is 9.79. The number of primary sulfonamides is 1. The van der Waals surface area contributed by atoms with Gasteiger partial charge in [0.15, 0.2) is 0 Å². The molecule has 0 aromatic heterocycles. The van der Waals surface area contributed by atoms with E-state index in [0.29, 0.717) is 0 Å². The van der Waals surface area contributed by atoms with Crippen LogP contribution in [0.2, 0.25) is 0 Å². The number of carboxylic acid groups (broad SMARTS) is 1. The number of carbonyl (C=O) groups is 1. The van der Waals surface area contributed by atoms with Crippen molar-refractivity contribution in [1.29, 1.82) is 0 Å². The van der Waals surface area contributed by atoms with Gasteiger partial charge in [-0.2, -0.15) is 0 Å². The van der Waals surface area contributed by atoms with E-state index in [1.807, 2.05) is 0 Å². The lowest BCUT2D eigenvalue weighted by molar-refractivity contribution is 0.0693. The molecule has 0 unspecified atom stereocenters. The van der Waals surface area contributed by atoms with Crippen molar-refractivity contribution in [2.24, 2.45) is 5.14 Å². The maximum absolute atomic E-state index is 13.6. The maximum atomic E-state index is 13.6. The summed E-state index contributed by atoms with van der Waals surface area (Å²) >= 11 is 0.897. The molecule has 0 heterocycles. The van der Waals surface area contributed by atoms with Gasteiger partial charge in [-0.15, -0.1) is 0 Å². The number of rotatable bonds is 4. The summed E-state index contributed by atoms with van der Waals surface area (Å²) < 4.78 is 36.1. The Labute approximate surface area is 124 Å². The quantitative estimate of drug-likeness (QED) is 0.898. The van der Waals surface area contributed by atoms with Crippen LogP contribution >= 0.6 is 11.8 Å². The van der Waals surface area contributed by atoms with E-state index >= 15 is 0 Å². The van der Waals surface area contributed by atoms with Crippen molar-refractivity contribution in [2.75, 3.05) is 0 Å². The van der Waals surface area contributed by atoms with Crippen molar-refractivity contribution in [2.45, 2.75) is 14.7 Å². The monoisotopic (exact) mass is 327 g/mol. The van der Waals surface area contributed by atoms with Gasteiger partial charge in [0.05, 0.1) is 10.5 Å². The summed E-state index contributed by atoms with van der Waals surface area (Å²) in [6.45, 7) is 0. The highest BCUT2D eigenvalue weighted by molar-refractivity contribution is 7.99. The molecule has 21 heavy (non-hydrogen) atoms. The Kier molecular flexibility index (Phi) is 4.31. The molecular weight excluding hydrogens is 317 g/mol. The van der Waals surface area contributed by atoms with Gasteiger partial charge < -0.3 is 5.11 Å². The van der Waals surface area contributed by atoms with Crippen molar-refractivity contribution in [1.82, 2.24) is 0 Å². The molecule has 0 bridgehead atoms. The molecule has 0 saturated heterocycles. The number of sulfonamides is 1. The van der Waals surface area contributed by atoms with E-state index in [2.05, 4.69) is 0 Å². The fourth-order valence-electron chi connectivity index (χ4n) is 1.59. The predicted octanol–water partition coefficient (Wildman–Crippen LogP) is 2.32. The van der Waals surface area contributed by atoms with E-state index in [4.69, 9.17) is 10.2 Å². The van der Waals surface area contributed by atoms with Gasteiger partial charge in [0, 0.05) is 9.79 Å². The third-order valence-electron chi connectivity index (χ3n) is 2.57. The fourth-order valence-corrected chi connectivity index (χ4v) is 3.07. The summed E-state index contributed by atoms with van der Waals surface area (Å²) in [5, 5.41) is 14.1. The molecule has 0 aliphatic rings. The first-order valence-corrected chi connectivity index (χ1v) is 7.98. The van der Waals surface area contributed by atoms with Crippen molar-refractivity contribution in [3.8, 4) is 0 Å². The summed E-state index contributed by atoms with van der Waals surface area (Å²) in [4.78, 5) is 11.4. The summed E-state index contributed by atoms with van der Waals surface area (Å²) in [7, 11) is -4.00. The van der Waals surface area contributed by atoms with Gasteiger partial charge in [-0.3, -0.25) is 0 Å². The van der Waals surface area contributed by atoms with Crippen molar-refractivity contribution in [3.63, 3.8) is 0 Å². The van der Waals surface area contributed by atoms with Crippen LogP contribution in [-0.4, -0.2) is 19.5 Å². The van der Waals surface area contributed by atoms with E-state index < -0.39 is 21.8 Å². The molecule has 0 aliphatic carbocycles. The third kappa shape index (κ3) is 3.60.